The molecule has 1 atom stereocenters. The van der Waals surface area contributed by atoms with Gasteiger partial charge in [-0.25, -0.2) is 0 Å². The van der Waals surface area contributed by atoms with Gasteiger partial charge in [-0.1, -0.05) is 0 Å². The Labute approximate surface area is 107 Å². The standard InChI is InChI=1S/C4H7NO4.Ca.3H2O.2H/c5-2(4(8)9)1-3(6)7;;;;;;/h2H,1,5H2,(H,6,7)(H,8,9);;3*1H2;;/q;+2;;;;2*-1/t2-;;;;;;/m0....../s1. The molecule has 0 radical (unpaired) electrons. The zero-order chi connectivity index (χ0) is 7.44. The van der Waals surface area contributed by atoms with Gasteiger partial charge in [-0.05, 0) is 0 Å². The van der Waals surface area contributed by atoms with E-state index < -0.39 is 24.4 Å². The fraction of sp³-hybridized carbons (Fsp3) is 0.500. The maximum absolute atomic E-state index is 9.85. The summed E-state index contributed by atoms with van der Waals surface area (Å²) in [5.41, 5.74) is 4.84. The quantitative estimate of drug-likeness (QED) is 0.417. The van der Waals surface area contributed by atoms with Crippen LogP contribution >= 0.6 is 0 Å². The van der Waals surface area contributed by atoms with E-state index in [1.165, 1.54) is 0 Å². The second-order valence-corrected chi connectivity index (χ2v) is 1.54. The summed E-state index contributed by atoms with van der Waals surface area (Å²) in [6.45, 7) is 0. The van der Waals surface area contributed by atoms with Crippen LogP contribution in [0.3, 0.4) is 0 Å². The zero-order valence-corrected chi connectivity index (χ0v) is 8.99. The Morgan fingerprint density at radius 1 is 1.23 bits per heavy atom. The van der Waals surface area contributed by atoms with E-state index >= 15 is 0 Å². The van der Waals surface area contributed by atoms with Crippen LogP contribution in [0.4, 0.5) is 0 Å². The van der Waals surface area contributed by atoms with E-state index in [0.29, 0.717) is 0 Å². The molecule has 0 rings (SSSR count). The number of hydrogen-bond donors (Lipinski definition) is 3. The second kappa shape index (κ2) is 14.6. The van der Waals surface area contributed by atoms with Crippen LogP contribution in [0.25, 0.3) is 0 Å². The molecule has 10 N–H and O–H groups in total. The molecule has 0 amide bonds. The number of aliphatic carboxylic acids is 2. The van der Waals surface area contributed by atoms with Gasteiger partial charge in [-0.3, -0.25) is 9.59 Å². The SMILES string of the molecule is N[C@@H](CC(=O)O)C(=O)O.O.O.O.[Ca+2].[H-].[H-]. The molecule has 0 aliphatic rings. The second-order valence-electron chi connectivity index (χ2n) is 1.54. The Bertz CT molecular complexity index is 149. The molecule has 0 aromatic heterocycles. The number of rotatable bonds is 3. The van der Waals surface area contributed by atoms with Gasteiger partial charge in [0.2, 0.25) is 0 Å². The van der Waals surface area contributed by atoms with Gasteiger partial charge in [0.15, 0.2) is 0 Å². The van der Waals surface area contributed by atoms with Gasteiger partial charge >= 0.3 is 49.7 Å². The van der Waals surface area contributed by atoms with Crippen LogP contribution < -0.4 is 5.73 Å². The first-order chi connectivity index (χ1) is 4.04. The molecule has 0 spiro atoms. The molecule has 80 valence electrons. The summed E-state index contributed by atoms with van der Waals surface area (Å²) in [5, 5.41) is 16.0. The molecule has 0 heterocycles. The number of hydrogen-bond acceptors (Lipinski definition) is 3. The molecular weight excluding hydrogens is 214 g/mol. The number of carbonyl (C=O) groups is 2. The fourth-order valence-electron chi connectivity index (χ4n) is 0.275. The number of nitrogens with two attached hydrogens (primary N) is 1. The van der Waals surface area contributed by atoms with Crippen molar-refractivity contribution in [3.8, 4) is 0 Å². The molecule has 0 aromatic carbocycles. The van der Waals surface area contributed by atoms with Gasteiger partial charge in [-0.15, -0.1) is 0 Å². The van der Waals surface area contributed by atoms with Crippen LogP contribution in [0.5, 0.6) is 0 Å². The summed E-state index contributed by atoms with van der Waals surface area (Å²) >= 11 is 0. The minimum absolute atomic E-state index is 0. The van der Waals surface area contributed by atoms with Crippen molar-refractivity contribution in [1.82, 2.24) is 0 Å². The summed E-state index contributed by atoms with van der Waals surface area (Å²) in [7, 11) is 0. The van der Waals surface area contributed by atoms with Crippen molar-refractivity contribution >= 4 is 49.7 Å². The van der Waals surface area contributed by atoms with Crippen molar-refractivity contribution in [3.05, 3.63) is 0 Å². The van der Waals surface area contributed by atoms with Crippen LogP contribution in [0.2, 0.25) is 0 Å². The molecule has 0 bridgehead atoms. The minimum atomic E-state index is -1.29. The van der Waals surface area contributed by atoms with E-state index in [1.54, 1.807) is 0 Å². The smallest absolute Gasteiger partial charge is 1.00 e. The zero-order valence-electron chi connectivity index (χ0n) is 8.78. The summed E-state index contributed by atoms with van der Waals surface area (Å²) in [5.74, 6) is -2.50. The van der Waals surface area contributed by atoms with Gasteiger partial charge in [0.1, 0.15) is 6.04 Å². The Morgan fingerprint density at radius 3 is 1.62 bits per heavy atom. The third-order valence-electron chi connectivity index (χ3n) is 0.712. The van der Waals surface area contributed by atoms with Crippen molar-refractivity contribution in [2.24, 2.45) is 5.73 Å². The van der Waals surface area contributed by atoms with Crippen molar-refractivity contribution < 1.29 is 39.1 Å². The predicted octanol–water partition coefficient (Wildman–Crippen LogP) is -3.76. The monoisotopic (exact) mass is 229 g/mol. The Morgan fingerprint density at radius 2 is 1.54 bits per heavy atom. The van der Waals surface area contributed by atoms with E-state index in [1.807, 2.05) is 0 Å². The van der Waals surface area contributed by atoms with Crippen molar-refractivity contribution in [2.45, 2.75) is 12.5 Å². The van der Waals surface area contributed by atoms with Crippen LogP contribution in [0, 0.1) is 0 Å². The Kier molecular flexibility index (Phi) is 32.7. The maximum Gasteiger partial charge on any atom is 2.00 e. The molecule has 0 saturated carbocycles. The Hall–Kier alpha value is 0.0397. The maximum atomic E-state index is 9.85. The first kappa shape index (κ1) is 29.2. The predicted molar refractivity (Wildman–Crippen MR) is 46.7 cm³/mol. The van der Waals surface area contributed by atoms with Gasteiger partial charge in [0.05, 0.1) is 6.42 Å². The average Bonchev–Trinajstić information content (AvgIpc) is 1.63. The van der Waals surface area contributed by atoms with Crippen LogP contribution in [0.15, 0.2) is 0 Å². The number of carboxylic acid groups (broad SMARTS) is 2. The molecule has 0 unspecified atom stereocenters. The molecule has 0 aliphatic carbocycles. The molecule has 0 saturated heterocycles. The van der Waals surface area contributed by atoms with Crippen LogP contribution in [-0.2, 0) is 9.59 Å². The average molecular weight is 229 g/mol. The normalized spacial score (nSPS) is 8.69. The van der Waals surface area contributed by atoms with Crippen molar-refractivity contribution in [3.63, 3.8) is 0 Å². The molecule has 9 heteroatoms. The van der Waals surface area contributed by atoms with Crippen molar-refractivity contribution in [2.75, 3.05) is 0 Å². The first-order valence-corrected chi connectivity index (χ1v) is 2.24. The molecule has 8 nitrogen and oxygen atoms in total. The van der Waals surface area contributed by atoms with E-state index in [0.717, 1.165) is 0 Å². The van der Waals surface area contributed by atoms with Gasteiger partial charge in [-0.2, -0.15) is 0 Å². The summed E-state index contributed by atoms with van der Waals surface area (Å²) in [4.78, 5) is 19.6. The molecule has 0 aromatic rings. The summed E-state index contributed by atoms with van der Waals surface area (Å²) in [6.07, 6.45) is -0.532. The molecule has 0 aliphatic heterocycles. The minimum Gasteiger partial charge on any atom is -1.00 e. The van der Waals surface area contributed by atoms with Crippen LogP contribution in [0.1, 0.15) is 9.27 Å². The summed E-state index contributed by atoms with van der Waals surface area (Å²) < 4.78 is 0. The third kappa shape index (κ3) is 18.8. The van der Waals surface area contributed by atoms with E-state index in [4.69, 9.17) is 15.9 Å². The molecular formula is C4H15CaNO7. The van der Waals surface area contributed by atoms with Gasteiger partial charge < -0.3 is 35.2 Å². The largest absolute Gasteiger partial charge is 2.00 e. The van der Waals surface area contributed by atoms with E-state index in [2.05, 4.69) is 0 Å². The van der Waals surface area contributed by atoms with Gasteiger partial charge in [0.25, 0.3) is 0 Å². The first-order valence-electron chi connectivity index (χ1n) is 2.24. The Balaban J connectivity index is -0.0000000213. The fourth-order valence-corrected chi connectivity index (χ4v) is 0.275. The third-order valence-corrected chi connectivity index (χ3v) is 0.712. The number of carboxylic acids is 2. The van der Waals surface area contributed by atoms with E-state index in [-0.39, 0.29) is 57.0 Å². The van der Waals surface area contributed by atoms with Crippen molar-refractivity contribution in [1.29, 1.82) is 0 Å². The molecule has 0 fully saturated rings. The van der Waals surface area contributed by atoms with Crippen LogP contribution in [-0.4, -0.2) is 82.4 Å². The topological polar surface area (TPSA) is 195 Å². The van der Waals surface area contributed by atoms with E-state index in [9.17, 15) is 9.59 Å². The van der Waals surface area contributed by atoms with Gasteiger partial charge in [0, 0.05) is 0 Å². The summed E-state index contributed by atoms with van der Waals surface area (Å²) in [6, 6.07) is -1.29. The molecule has 13 heavy (non-hydrogen) atoms.